The molecule has 3 aliphatic heterocycles. The van der Waals surface area contributed by atoms with Gasteiger partial charge >= 0.3 is 0 Å². The molecule has 1 N–H and O–H groups in total. The number of carbonyl (C=O) groups excluding carboxylic acids is 2. The molecule has 1 aliphatic carbocycles. The first-order chi connectivity index (χ1) is 18.1. The highest BCUT2D eigenvalue weighted by molar-refractivity contribution is 6.02. The first-order valence-corrected chi connectivity index (χ1v) is 14.0. The molecule has 37 heavy (non-hydrogen) atoms. The summed E-state index contributed by atoms with van der Waals surface area (Å²) in [5, 5.41) is 2.51. The lowest BCUT2D eigenvalue weighted by molar-refractivity contribution is -0.134. The Morgan fingerprint density at radius 1 is 0.946 bits per heavy atom. The smallest absolute Gasteiger partial charge is 0.249 e. The van der Waals surface area contributed by atoms with E-state index in [1.807, 2.05) is 13.1 Å². The number of hydrogen-bond acceptors (Lipinski definition) is 7. The minimum Gasteiger partial charge on any atom is -0.489 e. The van der Waals surface area contributed by atoms with Crippen LogP contribution in [-0.2, 0) is 9.59 Å². The van der Waals surface area contributed by atoms with Crippen molar-refractivity contribution in [3.05, 3.63) is 47.5 Å². The molecule has 1 saturated carbocycles. The number of rotatable bonds is 4. The van der Waals surface area contributed by atoms with Crippen LogP contribution in [0, 0.1) is 6.92 Å². The number of benzene rings is 1. The molecule has 0 spiro atoms. The zero-order chi connectivity index (χ0) is 25.4. The maximum Gasteiger partial charge on any atom is 0.249 e. The molecule has 1 aromatic heterocycles. The van der Waals surface area contributed by atoms with E-state index in [-0.39, 0.29) is 17.9 Å². The number of likely N-dealkylation sites (tertiary alicyclic amines) is 1. The van der Waals surface area contributed by atoms with Crippen molar-refractivity contribution in [2.75, 3.05) is 31.1 Å². The van der Waals surface area contributed by atoms with Crippen molar-refractivity contribution in [2.24, 2.45) is 0 Å². The molecule has 4 heterocycles. The molecule has 2 aromatic rings. The number of fused-ring (bicyclic) bond motifs is 1. The molecule has 1 atom stereocenters. The van der Waals surface area contributed by atoms with Crippen LogP contribution in [0.1, 0.15) is 80.3 Å². The van der Waals surface area contributed by atoms with Gasteiger partial charge in [-0.15, -0.1) is 0 Å². The van der Waals surface area contributed by atoms with Crippen molar-refractivity contribution < 1.29 is 14.3 Å². The van der Waals surface area contributed by atoms with Crippen molar-refractivity contribution in [1.29, 1.82) is 0 Å². The second-order valence-corrected chi connectivity index (χ2v) is 11.0. The van der Waals surface area contributed by atoms with Gasteiger partial charge < -0.3 is 14.5 Å². The average molecular weight is 504 g/mol. The molecular weight excluding hydrogens is 466 g/mol. The lowest BCUT2D eigenvalue weighted by Gasteiger charge is -2.42. The Morgan fingerprint density at radius 2 is 1.76 bits per heavy atom. The van der Waals surface area contributed by atoms with Gasteiger partial charge in [0, 0.05) is 30.3 Å². The van der Waals surface area contributed by atoms with Crippen LogP contribution < -0.4 is 15.0 Å². The molecule has 1 unspecified atom stereocenters. The van der Waals surface area contributed by atoms with Gasteiger partial charge in [-0.25, -0.2) is 9.97 Å². The number of nitrogens with one attached hydrogen (secondary N) is 1. The standard InChI is InChI=1S/C29H37N5O3/c1-19-30-14-11-24(31-19)21-12-15-33(16-13-21)22-7-5-20(6-8-22)23-3-2-4-25-28(23)37-18-17-34(25)26-9-10-27(35)32-29(26)36/h2-4,11,14,20-22,26H,5-10,12-13,15-18H2,1H3,(H,32,35,36)/t20-,22+,26?. The summed E-state index contributed by atoms with van der Waals surface area (Å²) in [6.07, 6.45) is 9.93. The third-order valence-corrected chi connectivity index (χ3v) is 8.90. The Kier molecular flexibility index (Phi) is 6.84. The number of imide groups is 1. The molecule has 2 amide bonds. The van der Waals surface area contributed by atoms with Crippen LogP contribution in [-0.4, -0.2) is 65.0 Å². The zero-order valence-corrected chi connectivity index (χ0v) is 21.7. The van der Waals surface area contributed by atoms with E-state index >= 15 is 0 Å². The van der Waals surface area contributed by atoms with E-state index < -0.39 is 0 Å². The van der Waals surface area contributed by atoms with E-state index in [4.69, 9.17) is 4.74 Å². The Bertz CT molecular complexity index is 1150. The molecule has 8 nitrogen and oxygen atoms in total. The van der Waals surface area contributed by atoms with Gasteiger partial charge in [0.2, 0.25) is 11.8 Å². The second-order valence-electron chi connectivity index (χ2n) is 11.0. The van der Waals surface area contributed by atoms with Crippen molar-refractivity contribution in [2.45, 2.75) is 82.2 Å². The van der Waals surface area contributed by atoms with Crippen LogP contribution in [0.2, 0.25) is 0 Å². The molecule has 8 heteroatoms. The predicted octanol–water partition coefficient (Wildman–Crippen LogP) is 3.69. The molecule has 196 valence electrons. The quantitative estimate of drug-likeness (QED) is 0.637. The van der Waals surface area contributed by atoms with E-state index in [9.17, 15) is 9.59 Å². The number of piperidine rings is 2. The highest BCUT2D eigenvalue weighted by Crippen LogP contribution is 2.45. The molecular formula is C29H37N5O3. The van der Waals surface area contributed by atoms with Crippen molar-refractivity contribution in [3.63, 3.8) is 0 Å². The van der Waals surface area contributed by atoms with Gasteiger partial charge in [0.15, 0.2) is 0 Å². The molecule has 1 aromatic carbocycles. The normalized spacial score (nSPS) is 27.4. The van der Waals surface area contributed by atoms with Gasteiger partial charge in [0.05, 0.1) is 12.2 Å². The third-order valence-electron chi connectivity index (χ3n) is 8.90. The minimum atomic E-state index is -0.305. The molecule has 2 saturated heterocycles. The van der Waals surface area contributed by atoms with Crippen LogP contribution in [0.15, 0.2) is 30.5 Å². The number of carbonyl (C=O) groups is 2. The van der Waals surface area contributed by atoms with Gasteiger partial charge in [0.25, 0.3) is 0 Å². The Balaban J connectivity index is 1.09. The topological polar surface area (TPSA) is 87.7 Å². The lowest BCUT2D eigenvalue weighted by Crippen LogP contribution is -2.54. The SMILES string of the molecule is Cc1nccc(C2CCN([C@H]3CC[C@@H](c4cccc5c4OCCN5C4CCC(=O)NC4=O)CC3)CC2)n1. The number of para-hydroxylation sites is 1. The molecule has 6 rings (SSSR count). The van der Waals surface area contributed by atoms with Crippen LogP contribution in [0.5, 0.6) is 5.75 Å². The van der Waals surface area contributed by atoms with E-state index in [2.05, 4.69) is 49.4 Å². The second kappa shape index (κ2) is 10.4. The number of anilines is 1. The van der Waals surface area contributed by atoms with E-state index in [0.29, 0.717) is 43.9 Å². The maximum absolute atomic E-state index is 12.6. The maximum atomic E-state index is 12.6. The zero-order valence-electron chi connectivity index (χ0n) is 21.7. The van der Waals surface area contributed by atoms with E-state index in [1.54, 1.807) is 0 Å². The van der Waals surface area contributed by atoms with E-state index in [0.717, 1.165) is 43.2 Å². The van der Waals surface area contributed by atoms with Gasteiger partial charge in [-0.05, 0) is 88.6 Å². The summed E-state index contributed by atoms with van der Waals surface area (Å²) in [5.74, 6) is 2.49. The third kappa shape index (κ3) is 4.96. The van der Waals surface area contributed by atoms with Gasteiger partial charge in [-0.2, -0.15) is 0 Å². The first kappa shape index (κ1) is 24.3. The lowest BCUT2D eigenvalue weighted by atomic mass is 9.79. The number of aryl methyl sites for hydroxylation is 1. The highest BCUT2D eigenvalue weighted by atomic mass is 16.5. The van der Waals surface area contributed by atoms with E-state index in [1.165, 1.54) is 36.9 Å². The number of hydrogen-bond donors (Lipinski definition) is 1. The highest BCUT2D eigenvalue weighted by Gasteiger charge is 2.37. The van der Waals surface area contributed by atoms with Gasteiger partial charge in [-0.1, -0.05) is 12.1 Å². The van der Waals surface area contributed by atoms with Gasteiger partial charge in [0.1, 0.15) is 24.2 Å². The fourth-order valence-corrected chi connectivity index (χ4v) is 6.93. The summed E-state index contributed by atoms with van der Waals surface area (Å²) in [6.45, 7) is 5.50. The minimum absolute atomic E-state index is 0.173. The molecule has 3 fully saturated rings. The van der Waals surface area contributed by atoms with Crippen LogP contribution in [0.3, 0.4) is 0 Å². The monoisotopic (exact) mass is 503 g/mol. The molecule has 0 bridgehead atoms. The summed E-state index contributed by atoms with van der Waals surface area (Å²) in [6, 6.07) is 8.82. The average Bonchev–Trinajstić information content (AvgIpc) is 2.93. The summed E-state index contributed by atoms with van der Waals surface area (Å²) in [4.78, 5) is 38.0. The Morgan fingerprint density at radius 3 is 2.51 bits per heavy atom. The fraction of sp³-hybridized carbons (Fsp3) is 0.586. The predicted molar refractivity (Wildman–Crippen MR) is 141 cm³/mol. The fourth-order valence-electron chi connectivity index (χ4n) is 6.93. The van der Waals surface area contributed by atoms with Gasteiger partial charge in [-0.3, -0.25) is 14.9 Å². The molecule has 4 aliphatic rings. The summed E-state index contributed by atoms with van der Waals surface area (Å²) in [7, 11) is 0. The number of aromatic nitrogens is 2. The van der Waals surface area contributed by atoms with Crippen molar-refractivity contribution in [3.8, 4) is 5.75 Å². The van der Waals surface area contributed by atoms with Crippen molar-refractivity contribution >= 4 is 17.5 Å². The number of nitrogens with zero attached hydrogens (tertiary/aromatic N) is 4. The Labute approximate surface area is 218 Å². The van der Waals surface area contributed by atoms with Crippen LogP contribution in [0.4, 0.5) is 5.69 Å². The van der Waals surface area contributed by atoms with Crippen LogP contribution >= 0.6 is 0 Å². The summed E-state index contributed by atoms with van der Waals surface area (Å²) in [5.41, 5.74) is 3.49. The summed E-state index contributed by atoms with van der Waals surface area (Å²) >= 11 is 0. The Hall–Kier alpha value is -3.00. The van der Waals surface area contributed by atoms with Crippen molar-refractivity contribution in [1.82, 2.24) is 20.2 Å². The molecule has 0 radical (unpaired) electrons. The summed E-state index contributed by atoms with van der Waals surface area (Å²) < 4.78 is 6.23. The number of ether oxygens (including phenoxy) is 1. The van der Waals surface area contributed by atoms with Crippen LogP contribution in [0.25, 0.3) is 0 Å². The number of amides is 2. The first-order valence-electron chi connectivity index (χ1n) is 14.0. The largest absolute Gasteiger partial charge is 0.489 e.